The molecule has 0 aliphatic carbocycles. The van der Waals surface area contributed by atoms with E-state index in [1.165, 1.54) is 4.90 Å². The molecule has 0 spiro atoms. The second-order valence-corrected chi connectivity index (χ2v) is 4.71. The summed E-state index contributed by atoms with van der Waals surface area (Å²) in [5.74, 6) is -0.215. The Kier molecular flexibility index (Phi) is 6.52. The summed E-state index contributed by atoms with van der Waals surface area (Å²) >= 11 is 0. The van der Waals surface area contributed by atoms with Crippen molar-refractivity contribution >= 4 is 11.9 Å². The highest BCUT2D eigenvalue weighted by Gasteiger charge is 2.13. The van der Waals surface area contributed by atoms with Gasteiger partial charge >= 0.3 is 6.03 Å². The summed E-state index contributed by atoms with van der Waals surface area (Å²) in [6.07, 6.45) is 0.497. The summed E-state index contributed by atoms with van der Waals surface area (Å²) in [5, 5.41) is 5.36. The molecule has 0 saturated heterocycles. The lowest BCUT2D eigenvalue weighted by atomic mass is 10.1. The Bertz CT molecular complexity index is 434. The van der Waals surface area contributed by atoms with Crippen LogP contribution in [0.15, 0.2) is 30.3 Å². The van der Waals surface area contributed by atoms with Crippen LogP contribution in [0.4, 0.5) is 4.79 Å². The molecule has 110 valence electrons. The van der Waals surface area contributed by atoms with Gasteiger partial charge in [-0.2, -0.15) is 0 Å². The van der Waals surface area contributed by atoms with E-state index in [0.29, 0.717) is 19.5 Å². The van der Waals surface area contributed by atoms with Gasteiger partial charge in [-0.1, -0.05) is 30.3 Å². The van der Waals surface area contributed by atoms with Crippen molar-refractivity contribution in [2.75, 3.05) is 27.2 Å². The molecule has 0 radical (unpaired) electrons. The van der Waals surface area contributed by atoms with Gasteiger partial charge in [-0.15, -0.1) is 0 Å². The predicted molar refractivity (Wildman–Crippen MR) is 78.2 cm³/mol. The first-order chi connectivity index (χ1) is 9.50. The molecule has 0 saturated carbocycles. The van der Waals surface area contributed by atoms with Gasteiger partial charge in [-0.25, -0.2) is 4.79 Å². The van der Waals surface area contributed by atoms with E-state index < -0.39 is 6.04 Å². The molecular formula is C14H22N4O2. The number of carbonyl (C=O) groups is 2. The first-order valence-corrected chi connectivity index (χ1v) is 6.53. The van der Waals surface area contributed by atoms with Gasteiger partial charge in [0, 0.05) is 27.2 Å². The average molecular weight is 278 g/mol. The summed E-state index contributed by atoms with van der Waals surface area (Å²) in [6, 6.07) is 8.85. The SMILES string of the molecule is CN(C)C(=O)NCCNC(=O)[C@@H](N)Cc1ccccc1. The molecule has 1 aromatic rings. The summed E-state index contributed by atoms with van der Waals surface area (Å²) < 4.78 is 0. The molecule has 0 aliphatic heterocycles. The highest BCUT2D eigenvalue weighted by molar-refractivity contribution is 5.81. The van der Waals surface area contributed by atoms with Crippen LogP contribution >= 0.6 is 0 Å². The topological polar surface area (TPSA) is 87.5 Å². The smallest absolute Gasteiger partial charge is 0.316 e. The van der Waals surface area contributed by atoms with Crippen LogP contribution in [0.3, 0.4) is 0 Å². The molecule has 6 nitrogen and oxygen atoms in total. The van der Waals surface area contributed by atoms with Crippen molar-refractivity contribution in [2.45, 2.75) is 12.5 Å². The molecular weight excluding hydrogens is 256 g/mol. The zero-order valence-corrected chi connectivity index (χ0v) is 11.9. The van der Waals surface area contributed by atoms with Crippen LogP contribution < -0.4 is 16.4 Å². The van der Waals surface area contributed by atoms with Crippen molar-refractivity contribution in [3.63, 3.8) is 0 Å². The number of hydrogen-bond acceptors (Lipinski definition) is 3. The number of nitrogens with one attached hydrogen (secondary N) is 2. The number of urea groups is 1. The maximum atomic E-state index is 11.8. The first-order valence-electron chi connectivity index (χ1n) is 6.53. The van der Waals surface area contributed by atoms with Crippen LogP contribution in [0, 0.1) is 0 Å². The average Bonchev–Trinajstić information content (AvgIpc) is 2.43. The van der Waals surface area contributed by atoms with Crippen molar-refractivity contribution in [1.82, 2.24) is 15.5 Å². The Morgan fingerprint density at radius 2 is 1.75 bits per heavy atom. The third kappa shape index (κ3) is 5.71. The predicted octanol–water partition coefficient (Wildman–Crippen LogP) is -0.0562. The van der Waals surface area contributed by atoms with Crippen LogP contribution in [0.25, 0.3) is 0 Å². The monoisotopic (exact) mass is 278 g/mol. The third-order valence-corrected chi connectivity index (χ3v) is 2.74. The van der Waals surface area contributed by atoms with Gasteiger partial charge < -0.3 is 21.3 Å². The normalized spacial score (nSPS) is 11.6. The molecule has 6 heteroatoms. The van der Waals surface area contributed by atoms with Crippen LogP contribution in [0.1, 0.15) is 5.56 Å². The van der Waals surface area contributed by atoms with Crippen molar-refractivity contribution in [3.05, 3.63) is 35.9 Å². The maximum Gasteiger partial charge on any atom is 0.316 e. The van der Waals surface area contributed by atoms with Gasteiger partial charge in [0.15, 0.2) is 0 Å². The lowest BCUT2D eigenvalue weighted by molar-refractivity contribution is -0.122. The van der Waals surface area contributed by atoms with Gasteiger partial charge in [0.25, 0.3) is 0 Å². The van der Waals surface area contributed by atoms with Crippen molar-refractivity contribution in [3.8, 4) is 0 Å². The molecule has 4 N–H and O–H groups in total. The molecule has 0 unspecified atom stereocenters. The second kappa shape index (κ2) is 8.16. The first kappa shape index (κ1) is 16.0. The maximum absolute atomic E-state index is 11.8. The molecule has 1 atom stereocenters. The molecule has 0 heterocycles. The van der Waals surface area contributed by atoms with Crippen LogP contribution in [-0.2, 0) is 11.2 Å². The van der Waals surface area contributed by atoms with Gasteiger partial charge in [-0.3, -0.25) is 4.79 Å². The van der Waals surface area contributed by atoms with E-state index >= 15 is 0 Å². The summed E-state index contributed by atoms with van der Waals surface area (Å²) in [6.45, 7) is 0.738. The largest absolute Gasteiger partial charge is 0.353 e. The molecule has 1 aromatic carbocycles. The molecule has 0 fully saturated rings. The van der Waals surface area contributed by atoms with E-state index in [2.05, 4.69) is 10.6 Å². The number of amides is 3. The van der Waals surface area contributed by atoms with E-state index in [4.69, 9.17) is 5.73 Å². The molecule has 0 bridgehead atoms. The Morgan fingerprint density at radius 1 is 1.15 bits per heavy atom. The van der Waals surface area contributed by atoms with E-state index in [-0.39, 0.29) is 11.9 Å². The number of rotatable bonds is 6. The fourth-order valence-electron chi connectivity index (χ4n) is 1.61. The fourth-order valence-corrected chi connectivity index (χ4v) is 1.61. The number of hydrogen-bond donors (Lipinski definition) is 3. The standard InChI is InChI=1S/C14H22N4O2/c1-18(2)14(20)17-9-8-16-13(19)12(15)10-11-6-4-3-5-7-11/h3-7,12H,8-10,15H2,1-2H3,(H,16,19)(H,17,20)/t12-/m0/s1. The number of nitrogens with zero attached hydrogens (tertiary/aromatic N) is 1. The fraction of sp³-hybridized carbons (Fsp3) is 0.429. The van der Waals surface area contributed by atoms with Crippen LogP contribution in [-0.4, -0.2) is 50.1 Å². The molecule has 0 aromatic heterocycles. The van der Waals surface area contributed by atoms with E-state index in [0.717, 1.165) is 5.56 Å². The molecule has 0 aliphatic rings. The van der Waals surface area contributed by atoms with Gasteiger partial charge in [0.05, 0.1) is 6.04 Å². The quantitative estimate of drug-likeness (QED) is 0.637. The second-order valence-electron chi connectivity index (χ2n) is 4.71. The van der Waals surface area contributed by atoms with Gasteiger partial charge in [0.1, 0.15) is 0 Å². The summed E-state index contributed by atoms with van der Waals surface area (Å²) in [4.78, 5) is 24.4. The lowest BCUT2D eigenvalue weighted by Gasteiger charge is -2.14. The Labute approximate surface area is 119 Å². The summed E-state index contributed by atoms with van der Waals surface area (Å²) in [7, 11) is 3.31. The third-order valence-electron chi connectivity index (χ3n) is 2.74. The van der Waals surface area contributed by atoms with Gasteiger partial charge in [-0.05, 0) is 12.0 Å². The van der Waals surface area contributed by atoms with E-state index in [1.807, 2.05) is 30.3 Å². The van der Waals surface area contributed by atoms with Crippen LogP contribution in [0.5, 0.6) is 0 Å². The Hall–Kier alpha value is -2.08. The number of benzene rings is 1. The molecule has 20 heavy (non-hydrogen) atoms. The van der Waals surface area contributed by atoms with Crippen molar-refractivity contribution in [2.24, 2.45) is 5.73 Å². The Morgan fingerprint density at radius 3 is 2.35 bits per heavy atom. The van der Waals surface area contributed by atoms with Crippen LogP contribution in [0.2, 0.25) is 0 Å². The van der Waals surface area contributed by atoms with E-state index in [9.17, 15) is 9.59 Å². The number of nitrogens with two attached hydrogens (primary N) is 1. The number of carbonyl (C=O) groups excluding carboxylic acids is 2. The van der Waals surface area contributed by atoms with Crippen molar-refractivity contribution < 1.29 is 9.59 Å². The zero-order chi connectivity index (χ0) is 15.0. The van der Waals surface area contributed by atoms with Gasteiger partial charge in [0.2, 0.25) is 5.91 Å². The van der Waals surface area contributed by atoms with E-state index in [1.54, 1.807) is 14.1 Å². The summed E-state index contributed by atoms with van der Waals surface area (Å²) in [5.41, 5.74) is 6.86. The molecule has 1 rings (SSSR count). The minimum Gasteiger partial charge on any atom is -0.353 e. The minimum absolute atomic E-state index is 0.187. The zero-order valence-electron chi connectivity index (χ0n) is 11.9. The minimum atomic E-state index is -0.582. The van der Waals surface area contributed by atoms with Crippen molar-refractivity contribution in [1.29, 1.82) is 0 Å². The molecule has 3 amide bonds. The lowest BCUT2D eigenvalue weighted by Crippen LogP contribution is -2.45. The highest BCUT2D eigenvalue weighted by Crippen LogP contribution is 2.01. The highest BCUT2D eigenvalue weighted by atomic mass is 16.2. The Balaban J connectivity index is 2.24.